The van der Waals surface area contributed by atoms with Gasteiger partial charge in [-0.05, 0) is 40.8 Å². The summed E-state index contributed by atoms with van der Waals surface area (Å²) < 4.78 is 19.0. The topological polar surface area (TPSA) is 65.5 Å². The molecule has 0 aromatic heterocycles. The number of halogens is 2. The molecule has 0 N–H and O–H groups in total. The normalized spacial score (nSPS) is 18.4. The Morgan fingerprint density at radius 1 is 1.08 bits per heavy atom. The highest BCUT2D eigenvalue weighted by molar-refractivity contribution is 6.30. The Hall–Kier alpha value is -2.81. The second kappa shape index (κ2) is 12.4. The molecule has 7 nitrogen and oxygen atoms in total. The summed E-state index contributed by atoms with van der Waals surface area (Å²) in [4.78, 5) is 31.0. The number of rotatable bonds is 8. The second-order valence-corrected chi connectivity index (χ2v) is 11.5. The minimum Gasteiger partial charge on any atom is -0.379 e. The van der Waals surface area contributed by atoms with Crippen LogP contribution in [0.3, 0.4) is 0 Å². The number of hydrogen-bond donors (Lipinski definition) is 0. The zero-order chi connectivity index (χ0) is 27.3. The van der Waals surface area contributed by atoms with Crippen molar-refractivity contribution in [1.29, 1.82) is 0 Å². The molecule has 1 fully saturated rings. The summed E-state index contributed by atoms with van der Waals surface area (Å²) in [6.45, 7) is 10.1. The smallest absolute Gasteiger partial charge is 0.262 e. The fourth-order valence-corrected chi connectivity index (χ4v) is 4.81. The largest absolute Gasteiger partial charge is 0.379 e. The van der Waals surface area contributed by atoms with Gasteiger partial charge in [-0.3, -0.25) is 14.5 Å². The Kier molecular flexibility index (Phi) is 9.18. The van der Waals surface area contributed by atoms with Gasteiger partial charge in [0, 0.05) is 44.0 Å². The highest BCUT2D eigenvalue weighted by Crippen LogP contribution is 2.33. The van der Waals surface area contributed by atoms with Crippen molar-refractivity contribution >= 4 is 29.1 Å². The Morgan fingerprint density at radius 3 is 2.37 bits per heavy atom. The summed E-state index contributed by atoms with van der Waals surface area (Å²) in [5.41, 5.74) is 2.14. The third kappa shape index (κ3) is 7.62. The number of benzene rings is 2. The zero-order valence-electron chi connectivity index (χ0n) is 22.3. The molecule has 2 aliphatic rings. The average Bonchev–Trinajstić information content (AvgIpc) is 3.32. The number of hydrazone groups is 1. The number of amides is 2. The van der Waals surface area contributed by atoms with Crippen LogP contribution in [0.25, 0.3) is 0 Å². The number of nitrogens with zero attached hydrogens (tertiary/aromatic N) is 4. The molecular formula is C29H36ClFN4O3. The summed E-state index contributed by atoms with van der Waals surface area (Å²) in [7, 11) is 0. The average molecular weight is 543 g/mol. The number of ether oxygens (including phenoxy) is 1. The molecule has 0 aliphatic carbocycles. The molecule has 1 atom stereocenters. The van der Waals surface area contributed by atoms with E-state index in [0.717, 1.165) is 24.2 Å². The first-order valence-corrected chi connectivity index (χ1v) is 13.5. The molecule has 204 valence electrons. The molecule has 1 saturated heterocycles. The van der Waals surface area contributed by atoms with Crippen LogP contribution in [-0.2, 0) is 14.3 Å². The maximum absolute atomic E-state index is 13.8. The minimum absolute atomic E-state index is 0.0518. The van der Waals surface area contributed by atoms with Crippen LogP contribution >= 0.6 is 11.6 Å². The minimum atomic E-state index is -0.348. The molecular weight excluding hydrogens is 507 g/mol. The Labute approximate surface area is 229 Å². The van der Waals surface area contributed by atoms with E-state index in [2.05, 4.69) is 10.0 Å². The van der Waals surface area contributed by atoms with E-state index in [1.54, 1.807) is 29.2 Å². The molecule has 9 heteroatoms. The lowest BCUT2D eigenvalue weighted by Crippen LogP contribution is -2.47. The van der Waals surface area contributed by atoms with Gasteiger partial charge in [0.25, 0.3) is 5.91 Å². The van der Waals surface area contributed by atoms with Crippen molar-refractivity contribution in [2.24, 2.45) is 10.5 Å². The highest BCUT2D eigenvalue weighted by Gasteiger charge is 2.35. The molecule has 0 spiro atoms. The summed E-state index contributed by atoms with van der Waals surface area (Å²) in [6, 6.07) is 13.1. The second-order valence-electron chi connectivity index (χ2n) is 11.1. The van der Waals surface area contributed by atoms with Crippen LogP contribution in [0.2, 0.25) is 5.02 Å². The maximum atomic E-state index is 13.8. The van der Waals surface area contributed by atoms with Gasteiger partial charge in [-0.2, -0.15) is 5.10 Å². The van der Waals surface area contributed by atoms with Gasteiger partial charge in [-0.1, -0.05) is 56.6 Å². The maximum Gasteiger partial charge on any atom is 0.262 e. The Bertz CT molecular complexity index is 1140. The molecule has 4 rings (SSSR count). The van der Waals surface area contributed by atoms with Crippen LogP contribution in [-0.4, -0.2) is 78.3 Å². The van der Waals surface area contributed by atoms with Crippen molar-refractivity contribution in [1.82, 2.24) is 14.8 Å². The van der Waals surface area contributed by atoms with E-state index in [1.807, 2.05) is 32.9 Å². The first kappa shape index (κ1) is 28.2. The molecule has 0 bridgehead atoms. The monoisotopic (exact) mass is 542 g/mol. The molecule has 2 aromatic carbocycles. The summed E-state index contributed by atoms with van der Waals surface area (Å²) in [5, 5.41) is 6.77. The van der Waals surface area contributed by atoms with E-state index in [9.17, 15) is 14.0 Å². The molecule has 0 radical (unpaired) electrons. The molecule has 2 aromatic rings. The lowest BCUT2D eigenvalue weighted by Gasteiger charge is -2.32. The van der Waals surface area contributed by atoms with E-state index in [4.69, 9.17) is 16.3 Å². The Balaban J connectivity index is 1.56. The van der Waals surface area contributed by atoms with Crippen molar-refractivity contribution in [3.8, 4) is 0 Å². The molecule has 2 aliphatic heterocycles. The standard InChI is InChI=1S/C29H36ClFN4O3/c1-29(2,3)19-27(36)34(13-12-33-14-16-38-17-15-33)20-28(37)35-26(22-4-8-23(30)9-5-22)18-25(32-35)21-6-10-24(31)11-7-21/h4-11,26H,12-20H2,1-3H3/t26-/m1/s1. The van der Waals surface area contributed by atoms with Crippen LogP contribution in [0.15, 0.2) is 53.6 Å². The highest BCUT2D eigenvalue weighted by atomic mass is 35.5. The van der Waals surface area contributed by atoms with Crippen molar-refractivity contribution in [3.05, 3.63) is 70.5 Å². The third-order valence-corrected chi connectivity index (χ3v) is 7.00. The van der Waals surface area contributed by atoms with E-state index in [1.165, 1.54) is 17.1 Å². The summed E-state index contributed by atoms with van der Waals surface area (Å²) in [6.07, 6.45) is 0.816. The SMILES string of the molecule is CC(C)(C)CC(=O)N(CCN1CCOCC1)CC(=O)N1N=C(c2ccc(F)cc2)C[C@@H]1c1ccc(Cl)cc1. The molecule has 2 amide bonds. The molecule has 0 unspecified atom stereocenters. The predicted molar refractivity (Wildman–Crippen MR) is 147 cm³/mol. The lowest BCUT2D eigenvalue weighted by atomic mass is 9.91. The van der Waals surface area contributed by atoms with E-state index >= 15 is 0 Å². The van der Waals surface area contributed by atoms with Gasteiger partial charge in [0.15, 0.2) is 0 Å². The van der Waals surface area contributed by atoms with E-state index in [-0.39, 0.29) is 35.6 Å². The summed E-state index contributed by atoms with van der Waals surface area (Å²) in [5.74, 6) is -0.641. The predicted octanol–water partition coefficient (Wildman–Crippen LogP) is 4.75. The summed E-state index contributed by atoms with van der Waals surface area (Å²) >= 11 is 6.11. The van der Waals surface area contributed by atoms with Gasteiger partial charge in [0.2, 0.25) is 5.91 Å². The lowest BCUT2D eigenvalue weighted by molar-refractivity contribution is -0.142. The Morgan fingerprint density at radius 2 is 1.74 bits per heavy atom. The first-order chi connectivity index (χ1) is 18.1. The van der Waals surface area contributed by atoms with E-state index in [0.29, 0.717) is 49.9 Å². The van der Waals surface area contributed by atoms with Crippen molar-refractivity contribution in [3.63, 3.8) is 0 Å². The van der Waals surface area contributed by atoms with Gasteiger partial charge in [-0.15, -0.1) is 0 Å². The number of hydrogen-bond acceptors (Lipinski definition) is 5. The van der Waals surface area contributed by atoms with Crippen molar-refractivity contribution in [2.75, 3.05) is 45.9 Å². The van der Waals surface area contributed by atoms with Gasteiger partial charge < -0.3 is 9.64 Å². The fourth-order valence-electron chi connectivity index (χ4n) is 4.68. The van der Waals surface area contributed by atoms with Gasteiger partial charge in [0.05, 0.1) is 25.0 Å². The van der Waals surface area contributed by atoms with E-state index < -0.39 is 0 Å². The zero-order valence-corrected chi connectivity index (χ0v) is 23.1. The third-order valence-electron chi connectivity index (χ3n) is 6.75. The molecule has 38 heavy (non-hydrogen) atoms. The molecule has 2 heterocycles. The van der Waals surface area contributed by atoms with Crippen molar-refractivity contribution < 1.29 is 18.7 Å². The van der Waals surface area contributed by atoms with Crippen LogP contribution in [0, 0.1) is 11.2 Å². The quantitative estimate of drug-likeness (QED) is 0.483. The first-order valence-electron chi connectivity index (χ1n) is 13.1. The fraction of sp³-hybridized carbons (Fsp3) is 0.483. The van der Waals surface area contributed by atoms with Crippen LogP contribution in [0.1, 0.15) is 50.8 Å². The number of morpholine rings is 1. The number of carbonyl (C=O) groups excluding carboxylic acids is 2. The van der Waals surface area contributed by atoms with Crippen LogP contribution in [0.4, 0.5) is 4.39 Å². The van der Waals surface area contributed by atoms with Crippen LogP contribution in [0.5, 0.6) is 0 Å². The van der Waals surface area contributed by atoms with Gasteiger partial charge in [0.1, 0.15) is 12.4 Å². The number of carbonyl (C=O) groups is 2. The van der Waals surface area contributed by atoms with Crippen LogP contribution < -0.4 is 0 Å². The molecule has 0 saturated carbocycles. The van der Waals surface area contributed by atoms with Gasteiger partial charge in [-0.25, -0.2) is 9.40 Å². The van der Waals surface area contributed by atoms with Crippen molar-refractivity contribution in [2.45, 2.75) is 39.7 Å². The van der Waals surface area contributed by atoms with Gasteiger partial charge >= 0.3 is 0 Å².